The van der Waals surface area contributed by atoms with Crippen LogP contribution in [0.2, 0.25) is 0 Å². The van der Waals surface area contributed by atoms with Crippen molar-refractivity contribution in [2.75, 3.05) is 19.0 Å². The lowest BCUT2D eigenvalue weighted by atomic mass is 10.1. The Morgan fingerprint density at radius 1 is 1.08 bits per heavy atom. The number of benzene rings is 2. The standard InChI is InChI=1S/C20H20N2O4/c1-13-6-3-4-7-17(13)26-11-5-8-18(23)21-14-9-10-15-16(12-14)20(25)22(2)19(15)24/h3-4,6-7,9-10,12H,5,8,11H2,1-2H3,(H,21,23). The highest BCUT2D eigenvalue weighted by atomic mass is 16.5. The number of fused-ring (bicyclic) bond motifs is 1. The van der Waals surface area contributed by atoms with Crippen LogP contribution in [0.25, 0.3) is 0 Å². The molecule has 1 aliphatic rings. The molecule has 0 unspecified atom stereocenters. The van der Waals surface area contributed by atoms with E-state index >= 15 is 0 Å². The number of rotatable bonds is 6. The number of amides is 3. The summed E-state index contributed by atoms with van der Waals surface area (Å²) in [4.78, 5) is 37.0. The van der Waals surface area contributed by atoms with Crippen LogP contribution in [-0.2, 0) is 4.79 Å². The molecule has 2 aromatic rings. The van der Waals surface area contributed by atoms with Crippen molar-refractivity contribution < 1.29 is 19.1 Å². The van der Waals surface area contributed by atoms with Gasteiger partial charge in [0.05, 0.1) is 17.7 Å². The predicted octanol–water partition coefficient (Wildman–Crippen LogP) is 3.02. The number of hydrogen-bond acceptors (Lipinski definition) is 4. The summed E-state index contributed by atoms with van der Waals surface area (Å²) in [5, 5.41) is 2.76. The number of aryl methyl sites for hydroxylation is 1. The predicted molar refractivity (Wildman–Crippen MR) is 97.4 cm³/mol. The Hall–Kier alpha value is -3.15. The molecule has 3 amide bonds. The Kier molecular flexibility index (Phi) is 5.02. The molecule has 1 aliphatic heterocycles. The molecule has 2 aromatic carbocycles. The maximum Gasteiger partial charge on any atom is 0.261 e. The molecule has 0 atom stereocenters. The second-order valence-electron chi connectivity index (χ2n) is 6.20. The average molecular weight is 352 g/mol. The van der Waals surface area contributed by atoms with Gasteiger partial charge in [0.15, 0.2) is 0 Å². The molecule has 0 radical (unpaired) electrons. The monoisotopic (exact) mass is 352 g/mol. The number of hydrogen-bond donors (Lipinski definition) is 1. The molecule has 134 valence electrons. The Morgan fingerprint density at radius 2 is 1.81 bits per heavy atom. The lowest BCUT2D eigenvalue weighted by molar-refractivity contribution is -0.116. The Labute approximate surface area is 151 Å². The van der Waals surface area contributed by atoms with E-state index in [1.54, 1.807) is 18.2 Å². The summed E-state index contributed by atoms with van der Waals surface area (Å²) in [5.74, 6) is -0.0220. The van der Waals surface area contributed by atoms with E-state index in [0.29, 0.717) is 36.3 Å². The van der Waals surface area contributed by atoms with Gasteiger partial charge in [-0.05, 0) is 43.2 Å². The number of para-hydroxylation sites is 1. The second-order valence-corrected chi connectivity index (χ2v) is 6.20. The van der Waals surface area contributed by atoms with E-state index in [9.17, 15) is 14.4 Å². The minimum atomic E-state index is -0.354. The van der Waals surface area contributed by atoms with Crippen LogP contribution in [0.3, 0.4) is 0 Å². The molecule has 0 saturated carbocycles. The van der Waals surface area contributed by atoms with E-state index in [0.717, 1.165) is 16.2 Å². The lowest BCUT2D eigenvalue weighted by Gasteiger charge is -2.09. The van der Waals surface area contributed by atoms with Crippen molar-refractivity contribution in [2.45, 2.75) is 19.8 Å². The van der Waals surface area contributed by atoms with Gasteiger partial charge in [-0.25, -0.2) is 0 Å². The van der Waals surface area contributed by atoms with Crippen molar-refractivity contribution in [2.24, 2.45) is 0 Å². The number of imide groups is 1. The summed E-state index contributed by atoms with van der Waals surface area (Å²) in [7, 11) is 1.44. The highest BCUT2D eigenvalue weighted by Gasteiger charge is 2.32. The molecule has 6 nitrogen and oxygen atoms in total. The Bertz CT molecular complexity index is 876. The number of nitrogens with zero attached hydrogens (tertiary/aromatic N) is 1. The van der Waals surface area contributed by atoms with Crippen LogP contribution in [0.4, 0.5) is 5.69 Å². The summed E-state index contributed by atoms with van der Waals surface area (Å²) in [6.07, 6.45) is 0.876. The maximum absolute atomic E-state index is 12.1. The fraction of sp³-hybridized carbons (Fsp3) is 0.250. The maximum atomic E-state index is 12.1. The molecule has 0 saturated heterocycles. The summed E-state index contributed by atoms with van der Waals surface area (Å²) in [6.45, 7) is 2.42. The SMILES string of the molecule is Cc1ccccc1OCCCC(=O)Nc1ccc2c(c1)C(=O)N(C)C2=O. The van der Waals surface area contributed by atoms with Crippen molar-refractivity contribution in [1.82, 2.24) is 4.90 Å². The molecule has 0 bridgehead atoms. The first-order chi connectivity index (χ1) is 12.5. The molecule has 0 spiro atoms. The molecule has 1 N–H and O–H groups in total. The van der Waals surface area contributed by atoms with E-state index in [2.05, 4.69) is 5.32 Å². The zero-order valence-electron chi connectivity index (χ0n) is 14.7. The van der Waals surface area contributed by atoms with Gasteiger partial charge in [-0.15, -0.1) is 0 Å². The quantitative estimate of drug-likeness (QED) is 0.640. The highest BCUT2D eigenvalue weighted by Crippen LogP contribution is 2.25. The summed E-state index contributed by atoms with van der Waals surface area (Å²) in [5.41, 5.74) is 2.24. The molecule has 26 heavy (non-hydrogen) atoms. The first kappa shape index (κ1) is 17.7. The van der Waals surface area contributed by atoms with Gasteiger partial charge >= 0.3 is 0 Å². The minimum Gasteiger partial charge on any atom is -0.493 e. The minimum absolute atomic E-state index is 0.163. The van der Waals surface area contributed by atoms with Crippen molar-refractivity contribution in [3.63, 3.8) is 0 Å². The first-order valence-electron chi connectivity index (χ1n) is 8.42. The fourth-order valence-corrected chi connectivity index (χ4v) is 2.80. The number of nitrogens with one attached hydrogen (secondary N) is 1. The average Bonchev–Trinajstić information content (AvgIpc) is 2.84. The summed E-state index contributed by atoms with van der Waals surface area (Å²) >= 11 is 0. The van der Waals surface area contributed by atoms with Gasteiger partial charge in [0.25, 0.3) is 11.8 Å². The van der Waals surface area contributed by atoms with E-state index in [1.165, 1.54) is 7.05 Å². The van der Waals surface area contributed by atoms with Crippen molar-refractivity contribution in [3.05, 3.63) is 59.2 Å². The van der Waals surface area contributed by atoms with Crippen LogP contribution in [0, 0.1) is 6.92 Å². The molecule has 0 aromatic heterocycles. The molecule has 0 fully saturated rings. The molecular formula is C20H20N2O4. The summed E-state index contributed by atoms with van der Waals surface area (Å²) in [6, 6.07) is 12.5. The third-order valence-electron chi connectivity index (χ3n) is 4.27. The fourth-order valence-electron chi connectivity index (χ4n) is 2.80. The molecule has 6 heteroatoms. The van der Waals surface area contributed by atoms with Crippen LogP contribution in [-0.4, -0.2) is 36.3 Å². The van der Waals surface area contributed by atoms with Crippen molar-refractivity contribution in [3.8, 4) is 5.75 Å². The molecule has 0 aliphatic carbocycles. The van der Waals surface area contributed by atoms with Crippen LogP contribution in [0.15, 0.2) is 42.5 Å². The second kappa shape index (κ2) is 7.39. The van der Waals surface area contributed by atoms with Crippen molar-refractivity contribution in [1.29, 1.82) is 0 Å². The van der Waals surface area contributed by atoms with E-state index in [1.807, 2.05) is 31.2 Å². The van der Waals surface area contributed by atoms with Gasteiger partial charge in [-0.3, -0.25) is 19.3 Å². The van der Waals surface area contributed by atoms with Gasteiger partial charge in [-0.2, -0.15) is 0 Å². The number of carbonyl (C=O) groups is 3. The molecular weight excluding hydrogens is 332 g/mol. The zero-order valence-corrected chi connectivity index (χ0v) is 14.7. The zero-order chi connectivity index (χ0) is 18.7. The molecule has 3 rings (SSSR count). The first-order valence-corrected chi connectivity index (χ1v) is 8.42. The van der Waals surface area contributed by atoms with E-state index in [-0.39, 0.29) is 17.7 Å². The number of ether oxygens (including phenoxy) is 1. The van der Waals surface area contributed by atoms with E-state index < -0.39 is 0 Å². The third-order valence-corrected chi connectivity index (χ3v) is 4.27. The topological polar surface area (TPSA) is 75.7 Å². The van der Waals surface area contributed by atoms with E-state index in [4.69, 9.17) is 4.74 Å². The van der Waals surface area contributed by atoms with Crippen molar-refractivity contribution >= 4 is 23.4 Å². The lowest BCUT2D eigenvalue weighted by Crippen LogP contribution is -2.24. The Balaban J connectivity index is 1.51. The highest BCUT2D eigenvalue weighted by molar-refractivity contribution is 6.21. The van der Waals surface area contributed by atoms with Gasteiger partial charge in [-0.1, -0.05) is 18.2 Å². The van der Waals surface area contributed by atoms with Crippen LogP contribution in [0.1, 0.15) is 39.1 Å². The summed E-state index contributed by atoms with van der Waals surface area (Å²) < 4.78 is 5.67. The van der Waals surface area contributed by atoms with Gasteiger partial charge in [0.2, 0.25) is 5.91 Å². The number of carbonyl (C=O) groups excluding carboxylic acids is 3. The smallest absolute Gasteiger partial charge is 0.261 e. The third kappa shape index (κ3) is 3.59. The van der Waals surface area contributed by atoms with Gasteiger partial charge in [0.1, 0.15) is 5.75 Å². The van der Waals surface area contributed by atoms with Crippen LogP contribution in [0.5, 0.6) is 5.75 Å². The van der Waals surface area contributed by atoms with Gasteiger partial charge < -0.3 is 10.1 Å². The van der Waals surface area contributed by atoms with Crippen LogP contribution >= 0.6 is 0 Å². The number of anilines is 1. The largest absolute Gasteiger partial charge is 0.493 e. The van der Waals surface area contributed by atoms with Crippen LogP contribution < -0.4 is 10.1 Å². The Morgan fingerprint density at radius 3 is 2.58 bits per heavy atom. The normalized spacial score (nSPS) is 12.9. The van der Waals surface area contributed by atoms with Gasteiger partial charge in [0, 0.05) is 19.2 Å². The molecule has 1 heterocycles.